The number of hydrogen-bond acceptors (Lipinski definition) is 8. The zero-order chi connectivity index (χ0) is 20.9. The number of nitrogens with one attached hydrogen (secondary N) is 1. The number of rotatable bonds is 6. The highest BCUT2D eigenvalue weighted by Crippen LogP contribution is 2.31. The fourth-order valence-electron chi connectivity index (χ4n) is 2.65. The van der Waals surface area contributed by atoms with E-state index in [9.17, 15) is 4.79 Å². The smallest absolute Gasteiger partial charge is 0.418 e. The normalized spacial score (nSPS) is 10.5. The number of benzene rings is 1. The number of carbonyl (C=O) groups is 1. The molecule has 4 aromatic rings. The van der Waals surface area contributed by atoms with E-state index in [4.69, 9.17) is 18.6 Å². The van der Waals surface area contributed by atoms with E-state index in [1.165, 1.54) is 20.5 Å². The van der Waals surface area contributed by atoms with Gasteiger partial charge in [0, 0.05) is 24.5 Å². The molecule has 0 spiro atoms. The Morgan fingerprint density at radius 1 is 1.07 bits per heavy atom. The molecule has 1 N–H and O–H groups in total. The third-order valence-corrected chi connectivity index (χ3v) is 3.99. The summed E-state index contributed by atoms with van der Waals surface area (Å²) in [6, 6.07) is 11.5. The third-order valence-electron chi connectivity index (χ3n) is 3.99. The first-order chi connectivity index (χ1) is 14.7. The number of ether oxygens (including phenoxy) is 3. The molecule has 0 atom stereocenters. The molecule has 1 aromatic carbocycles. The number of aromatic nitrogens is 4. The molecule has 0 radical (unpaired) electrons. The van der Waals surface area contributed by atoms with Gasteiger partial charge in [-0.05, 0) is 30.3 Å². The van der Waals surface area contributed by atoms with Crippen LogP contribution in [-0.4, -0.2) is 40.1 Å². The minimum absolute atomic E-state index is 0.215. The highest BCUT2D eigenvalue weighted by Gasteiger charge is 2.14. The molecule has 10 heteroatoms. The molecule has 0 aliphatic rings. The van der Waals surface area contributed by atoms with E-state index in [0.717, 1.165) is 0 Å². The summed E-state index contributed by atoms with van der Waals surface area (Å²) in [6.07, 6.45) is 4.11. The molecule has 4 rings (SSSR count). The molecule has 0 aliphatic carbocycles. The first-order valence-corrected chi connectivity index (χ1v) is 8.80. The fraction of sp³-hybridized carbons (Fsp3) is 0.100. The summed E-state index contributed by atoms with van der Waals surface area (Å²) in [7, 11) is 3.02. The zero-order valence-electron chi connectivity index (χ0n) is 16.1. The molecule has 3 aromatic heterocycles. The number of anilines is 1. The van der Waals surface area contributed by atoms with Crippen LogP contribution in [0.15, 0.2) is 65.5 Å². The number of furan rings is 1. The van der Waals surface area contributed by atoms with Gasteiger partial charge in [-0.25, -0.2) is 19.4 Å². The summed E-state index contributed by atoms with van der Waals surface area (Å²) in [5, 5.41) is 6.75. The Morgan fingerprint density at radius 2 is 1.93 bits per heavy atom. The highest BCUT2D eigenvalue weighted by atomic mass is 16.6. The number of nitrogens with zero attached hydrogens (tertiary/aromatic N) is 4. The van der Waals surface area contributed by atoms with Gasteiger partial charge in [-0.2, -0.15) is 5.10 Å². The lowest BCUT2D eigenvalue weighted by Crippen LogP contribution is -2.18. The van der Waals surface area contributed by atoms with Gasteiger partial charge in [-0.15, -0.1) is 0 Å². The van der Waals surface area contributed by atoms with Crippen LogP contribution in [0.1, 0.15) is 0 Å². The zero-order valence-corrected chi connectivity index (χ0v) is 16.1. The van der Waals surface area contributed by atoms with E-state index in [2.05, 4.69) is 20.4 Å². The topological polar surface area (TPSA) is 114 Å². The van der Waals surface area contributed by atoms with Gasteiger partial charge in [0.15, 0.2) is 28.9 Å². The third kappa shape index (κ3) is 4.07. The van der Waals surface area contributed by atoms with E-state index >= 15 is 0 Å². The van der Waals surface area contributed by atoms with Crippen LogP contribution in [0.3, 0.4) is 0 Å². The minimum Gasteiger partial charge on any atom is -0.493 e. The van der Waals surface area contributed by atoms with Crippen LogP contribution in [0.4, 0.5) is 10.6 Å². The van der Waals surface area contributed by atoms with Crippen LogP contribution in [-0.2, 0) is 0 Å². The van der Waals surface area contributed by atoms with Crippen LogP contribution in [0.2, 0.25) is 0 Å². The van der Waals surface area contributed by atoms with Crippen molar-refractivity contribution >= 4 is 11.9 Å². The maximum Gasteiger partial charge on any atom is 0.418 e. The molecule has 30 heavy (non-hydrogen) atoms. The molecule has 0 aliphatic heterocycles. The molecule has 10 nitrogen and oxygen atoms in total. The lowest BCUT2D eigenvalue weighted by atomic mass is 10.3. The first-order valence-electron chi connectivity index (χ1n) is 8.80. The summed E-state index contributed by atoms with van der Waals surface area (Å²) >= 11 is 0. The quantitative estimate of drug-likeness (QED) is 0.516. The fourth-order valence-corrected chi connectivity index (χ4v) is 2.65. The van der Waals surface area contributed by atoms with E-state index in [-0.39, 0.29) is 17.4 Å². The molecular weight excluding hydrogens is 390 g/mol. The van der Waals surface area contributed by atoms with Crippen molar-refractivity contribution in [2.24, 2.45) is 0 Å². The Morgan fingerprint density at radius 3 is 2.63 bits per heavy atom. The molecule has 152 valence electrons. The predicted molar refractivity (Wildman–Crippen MR) is 106 cm³/mol. The number of hydrogen-bond donors (Lipinski definition) is 1. The standard InChI is InChI=1S/C20H17N5O5/c1-27-14-7-6-13(11-16(14)28-2)30-20(26)23-17-12-18(25-9-4-8-21-25)24-19(22-17)15-5-3-10-29-15/h3-12H,1-2H3,(H,22,23,24,26). The molecule has 0 unspecified atom stereocenters. The van der Waals surface area contributed by atoms with Crippen molar-refractivity contribution < 1.29 is 23.4 Å². The molecule has 0 saturated heterocycles. The largest absolute Gasteiger partial charge is 0.493 e. The highest BCUT2D eigenvalue weighted by molar-refractivity contribution is 5.85. The van der Waals surface area contributed by atoms with Gasteiger partial charge in [-0.1, -0.05) is 0 Å². The average Bonchev–Trinajstić information content (AvgIpc) is 3.47. The second-order valence-corrected chi connectivity index (χ2v) is 5.89. The average molecular weight is 407 g/mol. The van der Waals surface area contributed by atoms with Gasteiger partial charge in [0.05, 0.1) is 20.5 Å². The summed E-state index contributed by atoms with van der Waals surface area (Å²) < 4.78 is 22.6. The van der Waals surface area contributed by atoms with E-state index in [1.54, 1.807) is 59.5 Å². The molecule has 1 amide bonds. The Labute approximate surface area is 171 Å². The number of carbonyl (C=O) groups excluding carboxylic acids is 1. The van der Waals surface area contributed by atoms with Crippen molar-refractivity contribution in [2.75, 3.05) is 19.5 Å². The Kier molecular flexibility index (Phi) is 5.29. The minimum atomic E-state index is -0.738. The van der Waals surface area contributed by atoms with Gasteiger partial charge in [0.2, 0.25) is 0 Å². The predicted octanol–water partition coefficient (Wildman–Crippen LogP) is 3.55. The maximum atomic E-state index is 12.4. The summed E-state index contributed by atoms with van der Waals surface area (Å²) in [6.45, 7) is 0. The van der Waals surface area contributed by atoms with Gasteiger partial charge >= 0.3 is 6.09 Å². The van der Waals surface area contributed by atoms with Crippen molar-refractivity contribution in [3.8, 4) is 34.7 Å². The van der Waals surface area contributed by atoms with Crippen molar-refractivity contribution in [1.82, 2.24) is 19.7 Å². The maximum absolute atomic E-state index is 12.4. The van der Waals surface area contributed by atoms with Gasteiger partial charge in [-0.3, -0.25) is 5.32 Å². The molecular formula is C20H17N5O5. The van der Waals surface area contributed by atoms with E-state index in [1.807, 2.05) is 0 Å². The lowest BCUT2D eigenvalue weighted by molar-refractivity contribution is 0.215. The molecule has 3 heterocycles. The molecule has 0 fully saturated rings. The first kappa shape index (κ1) is 19.0. The summed E-state index contributed by atoms with van der Waals surface area (Å²) in [5.41, 5.74) is 0. The van der Waals surface area contributed by atoms with Crippen molar-refractivity contribution in [3.05, 3.63) is 61.1 Å². The van der Waals surface area contributed by atoms with E-state index in [0.29, 0.717) is 23.1 Å². The Hall–Kier alpha value is -4.34. The SMILES string of the molecule is COc1ccc(OC(=O)Nc2cc(-n3cccn3)nc(-c3ccco3)n2)cc1OC. The lowest BCUT2D eigenvalue weighted by Gasteiger charge is -2.11. The number of amides is 1. The van der Waals surface area contributed by atoms with Crippen molar-refractivity contribution in [1.29, 1.82) is 0 Å². The monoisotopic (exact) mass is 407 g/mol. The van der Waals surface area contributed by atoms with Gasteiger partial charge in [0.1, 0.15) is 11.6 Å². The van der Waals surface area contributed by atoms with Crippen molar-refractivity contribution in [3.63, 3.8) is 0 Å². The van der Waals surface area contributed by atoms with Gasteiger partial charge in [0.25, 0.3) is 0 Å². The second-order valence-electron chi connectivity index (χ2n) is 5.89. The van der Waals surface area contributed by atoms with Gasteiger partial charge < -0.3 is 18.6 Å². The van der Waals surface area contributed by atoms with Crippen LogP contribution >= 0.6 is 0 Å². The Balaban J connectivity index is 1.58. The number of methoxy groups -OCH3 is 2. The van der Waals surface area contributed by atoms with Crippen LogP contribution in [0.25, 0.3) is 17.4 Å². The summed E-state index contributed by atoms with van der Waals surface area (Å²) in [4.78, 5) is 21.2. The van der Waals surface area contributed by atoms with Crippen LogP contribution in [0.5, 0.6) is 17.2 Å². The molecule has 0 bridgehead atoms. The summed E-state index contributed by atoms with van der Waals surface area (Å²) in [5.74, 6) is 2.63. The van der Waals surface area contributed by atoms with Crippen molar-refractivity contribution in [2.45, 2.75) is 0 Å². The van der Waals surface area contributed by atoms with Crippen LogP contribution < -0.4 is 19.5 Å². The van der Waals surface area contributed by atoms with E-state index < -0.39 is 6.09 Å². The molecule has 0 saturated carbocycles. The Bertz CT molecular complexity index is 1090. The second kappa shape index (κ2) is 8.35. The van der Waals surface area contributed by atoms with Crippen LogP contribution in [0, 0.1) is 0 Å².